The molecule has 1 rings (SSSR count). The Morgan fingerprint density at radius 3 is 1.94 bits per heavy atom. The monoisotopic (exact) mass is 758 g/mol. The number of aliphatic hydroxyl groups excluding tert-OH is 2. The van der Waals surface area contributed by atoms with Gasteiger partial charge in [0.05, 0.1) is 18.8 Å². The summed E-state index contributed by atoms with van der Waals surface area (Å²) in [6, 6.07) is 0. The first-order valence-electron chi connectivity index (χ1n) is 20.2. The van der Waals surface area contributed by atoms with Crippen LogP contribution in [0.3, 0.4) is 0 Å². The number of rotatable bonds is 33. The van der Waals surface area contributed by atoms with Crippen molar-refractivity contribution in [2.45, 2.75) is 186 Å². The summed E-state index contributed by atoms with van der Waals surface area (Å²) in [6.45, 7) is 3.35. The fourth-order valence-corrected chi connectivity index (χ4v) is 6.83. The molecule has 4 N–H and O–H groups in total. The van der Waals surface area contributed by atoms with Crippen LogP contribution in [0.25, 0.3) is 0 Å². The van der Waals surface area contributed by atoms with E-state index in [2.05, 4.69) is 18.4 Å². The van der Waals surface area contributed by atoms with Gasteiger partial charge in [-0.1, -0.05) is 141 Å². The van der Waals surface area contributed by atoms with E-state index in [0.29, 0.717) is 32.1 Å². The molecule has 302 valence electrons. The molecule has 0 amide bonds. The van der Waals surface area contributed by atoms with Gasteiger partial charge >= 0.3 is 19.8 Å². The number of carbonyl (C=O) groups is 3. The molecule has 0 bridgehead atoms. The number of phosphoric ester groups is 1. The van der Waals surface area contributed by atoms with Gasteiger partial charge < -0.3 is 29.5 Å². The van der Waals surface area contributed by atoms with E-state index in [4.69, 9.17) is 19.3 Å². The van der Waals surface area contributed by atoms with Gasteiger partial charge in [-0.3, -0.25) is 18.9 Å². The molecule has 52 heavy (non-hydrogen) atoms. The molecule has 5 atom stereocenters. The first kappa shape index (κ1) is 48.1. The Morgan fingerprint density at radius 1 is 0.788 bits per heavy atom. The Balaban J connectivity index is 2.31. The molecule has 1 fully saturated rings. The highest BCUT2D eigenvalue weighted by molar-refractivity contribution is 7.46. The Bertz CT molecular complexity index is 1060. The fraction of sp³-hybridized carbons (Fsp3) is 0.825. The molecular formula is C40H71O11P. The lowest BCUT2D eigenvalue weighted by Gasteiger charge is -2.18. The second-order valence-corrected chi connectivity index (χ2v) is 15.6. The zero-order chi connectivity index (χ0) is 38.5. The van der Waals surface area contributed by atoms with Crippen molar-refractivity contribution in [3.8, 4) is 0 Å². The van der Waals surface area contributed by atoms with Crippen molar-refractivity contribution in [1.82, 2.24) is 0 Å². The van der Waals surface area contributed by atoms with Gasteiger partial charge in [0.2, 0.25) is 0 Å². The van der Waals surface area contributed by atoms with Gasteiger partial charge in [-0.25, -0.2) is 4.57 Å². The smallest absolute Gasteiger partial charge is 0.462 e. The molecule has 0 spiro atoms. The highest BCUT2D eigenvalue weighted by Gasteiger charge is 2.39. The molecular weight excluding hydrogens is 687 g/mol. The Morgan fingerprint density at radius 2 is 1.35 bits per heavy atom. The number of hydrogen-bond acceptors (Lipinski definition) is 9. The number of unbranched alkanes of at least 4 members (excludes halogenated alkanes) is 16. The van der Waals surface area contributed by atoms with Crippen LogP contribution in [0.1, 0.15) is 168 Å². The first-order chi connectivity index (χ1) is 25.0. The molecule has 12 heteroatoms. The van der Waals surface area contributed by atoms with Crippen LogP contribution in [0.2, 0.25) is 0 Å². The van der Waals surface area contributed by atoms with E-state index in [1.165, 1.54) is 64.2 Å². The van der Waals surface area contributed by atoms with E-state index in [-0.39, 0.29) is 43.5 Å². The summed E-state index contributed by atoms with van der Waals surface area (Å²) >= 11 is 0. The summed E-state index contributed by atoms with van der Waals surface area (Å²) in [6.07, 6.45) is 26.9. The first-order valence-corrected chi connectivity index (χ1v) is 21.8. The van der Waals surface area contributed by atoms with E-state index < -0.39 is 44.7 Å². The van der Waals surface area contributed by atoms with Crippen molar-refractivity contribution in [2.75, 3.05) is 13.2 Å². The summed E-state index contributed by atoms with van der Waals surface area (Å²) in [4.78, 5) is 55.4. The molecule has 0 aliphatic heterocycles. The maximum absolute atomic E-state index is 12.5. The third kappa shape index (κ3) is 26.0. The predicted molar refractivity (Wildman–Crippen MR) is 203 cm³/mol. The maximum Gasteiger partial charge on any atom is 0.469 e. The van der Waals surface area contributed by atoms with Crippen LogP contribution in [0.15, 0.2) is 24.3 Å². The van der Waals surface area contributed by atoms with Crippen LogP contribution in [0.5, 0.6) is 0 Å². The van der Waals surface area contributed by atoms with E-state index in [0.717, 1.165) is 38.5 Å². The zero-order valence-electron chi connectivity index (χ0n) is 32.2. The number of phosphoric acid groups is 1. The van der Waals surface area contributed by atoms with Crippen molar-refractivity contribution >= 4 is 25.5 Å². The second-order valence-electron chi connectivity index (χ2n) is 14.4. The van der Waals surface area contributed by atoms with Crippen LogP contribution in [-0.4, -0.2) is 69.2 Å². The molecule has 1 aliphatic rings. The van der Waals surface area contributed by atoms with E-state index in [9.17, 15) is 29.2 Å². The maximum atomic E-state index is 12.5. The lowest BCUT2D eigenvalue weighted by Crippen LogP contribution is -2.29. The normalized spacial score (nSPS) is 19.1. The molecule has 0 aromatic rings. The minimum Gasteiger partial charge on any atom is -0.462 e. The molecule has 1 saturated carbocycles. The van der Waals surface area contributed by atoms with Crippen molar-refractivity contribution in [3.05, 3.63) is 24.3 Å². The molecule has 0 unspecified atom stereocenters. The standard InChI is InChI=1S/C40H71O11P/c1-3-5-7-8-9-10-11-12-13-14-15-16-17-23-27-40(45)51-34(32-50-52(46,47)48)31-49-39(44)26-22-19-18-21-25-35-36(38(43)30-37(35)42)29-28-33(41)24-20-6-4-2/h18,21,28-29,33-36,38,41,43H,3-17,19-20,22-27,30-32H2,1-2H3,(H2,46,47,48)/b21-18-,29-28+/t33-,34+,35+,36+,38+/m0/s1. The molecule has 11 nitrogen and oxygen atoms in total. The highest BCUT2D eigenvalue weighted by Crippen LogP contribution is 2.36. The van der Waals surface area contributed by atoms with Gasteiger partial charge in [-0.15, -0.1) is 0 Å². The van der Waals surface area contributed by atoms with Gasteiger partial charge in [-0.05, 0) is 32.1 Å². The number of ether oxygens (including phenoxy) is 2. The lowest BCUT2D eigenvalue weighted by molar-refractivity contribution is -0.161. The van der Waals surface area contributed by atoms with Gasteiger partial charge in [0.15, 0.2) is 6.10 Å². The van der Waals surface area contributed by atoms with E-state index in [1.807, 2.05) is 12.2 Å². The van der Waals surface area contributed by atoms with Gasteiger partial charge in [-0.2, -0.15) is 0 Å². The predicted octanol–water partition coefficient (Wildman–Crippen LogP) is 8.60. The summed E-state index contributed by atoms with van der Waals surface area (Å²) in [5.41, 5.74) is 0. The summed E-state index contributed by atoms with van der Waals surface area (Å²) in [7, 11) is -4.81. The van der Waals surface area contributed by atoms with Gasteiger partial charge in [0.25, 0.3) is 0 Å². The van der Waals surface area contributed by atoms with Crippen LogP contribution in [-0.2, 0) is 32.9 Å². The minimum atomic E-state index is -4.81. The van der Waals surface area contributed by atoms with E-state index in [1.54, 1.807) is 12.2 Å². The molecule has 1 aliphatic carbocycles. The number of carbonyl (C=O) groups excluding carboxylic acids is 3. The van der Waals surface area contributed by atoms with Crippen molar-refractivity contribution in [3.63, 3.8) is 0 Å². The number of esters is 2. The summed E-state index contributed by atoms with van der Waals surface area (Å²) < 4.78 is 26.3. The third-order valence-corrected chi connectivity index (χ3v) is 10.1. The van der Waals surface area contributed by atoms with Crippen LogP contribution < -0.4 is 0 Å². The zero-order valence-corrected chi connectivity index (χ0v) is 33.1. The summed E-state index contributed by atoms with van der Waals surface area (Å²) in [5, 5.41) is 20.6. The Kier molecular flexibility index (Phi) is 28.2. The fourth-order valence-electron chi connectivity index (χ4n) is 6.47. The lowest BCUT2D eigenvalue weighted by atomic mass is 9.90. The Labute approximate surface area is 313 Å². The average Bonchev–Trinajstić information content (AvgIpc) is 3.37. The van der Waals surface area contributed by atoms with Crippen LogP contribution >= 0.6 is 7.82 Å². The quantitative estimate of drug-likeness (QED) is 0.0218. The van der Waals surface area contributed by atoms with Gasteiger partial charge in [0, 0.05) is 31.1 Å². The van der Waals surface area contributed by atoms with Crippen molar-refractivity contribution < 1.29 is 52.9 Å². The molecule has 0 heterocycles. The van der Waals surface area contributed by atoms with Crippen molar-refractivity contribution in [2.24, 2.45) is 11.8 Å². The summed E-state index contributed by atoms with van der Waals surface area (Å²) in [5.74, 6) is -1.79. The van der Waals surface area contributed by atoms with Crippen molar-refractivity contribution in [1.29, 1.82) is 0 Å². The van der Waals surface area contributed by atoms with Crippen LogP contribution in [0.4, 0.5) is 0 Å². The number of ketones is 1. The largest absolute Gasteiger partial charge is 0.469 e. The topological polar surface area (TPSA) is 177 Å². The SMILES string of the molecule is CCCCCCCCCCCCCCCCC(=O)O[C@H](COC(=O)CCC/C=C\C[C@H]1C(=O)C[C@@H](O)[C@@H]1/C=C/[C@@H](O)CCCCC)COP(=O)(O)O. The Hall–Kier alpha value is -1.88. The van der Waals surface area contributed by atoms with E-state index >= 15 is 0 Å². The molecule has 0 radical (unpaired) electrons. The third-order valence-electron chi connectivity index (χ3n) is 9.59. The van der Waals surface area contributed by atoms with Gasteiger partial charge in [0.1, 0.15) is 12.4 Å². The minimum absolute atomic E-state index is 0.00609. The number of hydrogen-bond donors (Lipinski definition) is 4. The number of aliphatic hydroxyl groups is 2. The molecule has 0 aromatic heterocycles. The number of allylic oxidation sites excluding steroid dienone is 2. The number of Topliss-reactive ketones (excluding diaryl/α,β-unsaturated/α-hetero) is 1. The molecule has 0 aromatic carbocycles. The highest BCUT2D eigenvalue weighted by atomic mass is 31.2. The second kappa shape index (κ2) is 30.4. The molecule has 0 saturated heterocycles. The van der Waals surface area contributed by atoms with Crippen LogP contribution in [0, 0.1) is 11.8 Å². The average molecular weight is 759 g/mol.